The smallest absolute Gasteiger partial charge is 0.271 e. The van der Waals surface area contributed by atoms with Crippen LogP contribution in [0.4, 0.5) is 4.39 Å². The highest BCUT2D eigenvalue weighted by Crippen LogP contribution is 2.11. The van der Waals surface area contributed by atoms with Gasteiger partial charge >= 0.3 is 0 Å². The zero-order valence-electron chi connectivity index (χ0n) is 11.3. The molecule has 0 bridgehead atoms. The van der Waals surface area contributed by atoms with Crippen molar-refractivity contribution in [3.63, 3.8) is 0 Å². The summed E-state index contributed by atoms with van der Waals surface area (Å²) in [6.45, 7) is 3.92. The number of hydrogen-bond donors (Lipinski definition) is 1. The lowest BCUT2D eigenvalue weighted by atomic mass is 10.3. The van der Waals surface area contributed by atoms with E-state index in [0.717, 1.165) is 0 Å². The van der Waals surface area contributed by atoms with Gasteiger partial charge in [-0.3, -0.25) is 4.79 Å². The summed E-state index contributed by atoms with van der Waals surface area (Å²) in [5, 5.41) is 6.86. The van der Waals surface area contributed by atoms with Crippen LogP contribution in [0.5, 0.6) is 5.75 Å². The molecule has 20 heavy (non-hydrogen) atoms. The molecule has 2 aromatic rings. The Labute approximate surface area is 116 Å². The fourth-order valence-corrected chi connectivity index (χ4v) is 1.56. The average Bonchev–Trinajstić information content (AvgIpc) is 2.86. The minimum absolute atomic E-state index is 0.0584. The quantitative estimate of drug-likeness (QED) is 0.911. The number of hydrogen-bond acceptors (Lipinski definition) is 3. The third kappa shape index (κ3) is 3.81. The molecule has 1 heterocycles. The Morgan fingerprint density at radius 1 is 1.35 bits per heavy atom. The van der Waals surface area contributed by atoms with E-state index in [1.807, 2.05) is 13.8 Å². The van der Waals surface area contributed by atoms with Gasteiger partial charge in [-0.2, -0.15) is 5.10 Å². The molecule has 0 saturated carbocycles. The van der Waals surface area contributed by atoms with Crippen LogP contribution in [0.25, 0.3) is 0 Å². The molecule has 1 amide bonds. The second kappa shape index (κ2) is 6.18. The van der Waals surface area contributed by atoms with Crippen LogP contribution in [0.2, 0.25) is 0 Å². The fourth-order valence-electron chi connectivity index (χ4n) is 1.56. The van der Waals surface area contributed by atoms with Gasteiger partial charge in [0.05, 0.1) is 0 Å². The Morgan fingerprint density at radius 2 is 2.05 bits per heavy atom. The maximum absolute atomic E-state index is 12.7. The molecule has 0 radical (unpaired) electrons. The molecule has 0 aliphatic heterocycles. The minimum Gasteiger partial charge on any atom is -0.471 e. The molecule has 0 aliphatic rings. The molecule has 5 nitrogen and oxygen atoms in total. The lowest BCUT2D eigenvalue weighted by molar-refractivity contribution is 0.0936. The molecule has 106 valence electrons. The number of aromatic nitrogens is 2. The zero-order chi connectivity index (χ0) is 14.5. The Balaban J connectivity index is 1.92. The Kier molecular flexibility index (Phi) is 4.34. The number of halogens is 1. The monoisotopic (exact) mass is 277 g/mol. The summed E-state index contributed by atoms with van der Waals surface area (Å²) in [7, 11) is 0. The van der Waals surface area contributed by atoms with Crippen LogP contribution in [0.3, 0.4) is 0 Å². The number of nitrogens with one attached hydrogen (secondary N) is 1. The van der Waals surface area contributed by atoms with Crippen LogP contribution < -0.4 is 10.1 Å². The van der Waals surface area contributed by atoms with Crippen molar-refractivity contribution in [1.29, 1.82) is 0 Å². The lowest BCUT2D eigenvalue weighted by Gasteiger charge is -2.07. The van der Waals surface area contributed by atoms with Gasteiger partial charge in [-0.05, 0) is 44.2 Å². The SMILES string of the molecule is CC(C)NC(=O)c1ccn(COc2ccc(F)cc2)n1. The van der Waals surface area contributed by atoms with Crippen molar-refractivity contribution in [1.82, 2.24) is 15.1 Å². The first-order chi connectivity index (χ1) is 9.54. The largest absolute Gasteiger partial charge is 0.471 e. The molecule has 0 saturated heterocycles. The van der Waals surface area contributed by atoms with Crippen LogP contribution in [-0.4, -0.2) is 21.7 Å². The molecule has 0 atom stereocenters. The van der Waals surface area contributed by atoms with Crippen LogP contribution >= 0.6 is 0 Å². The summed E-state index contributed by atoms with van der Waals surface area (Å²) in [4.78, 5) is 11.7. The van der Waals surface area contributed by atoms with Gasteiger partial charge in [-0.25, -0.2) is 9.07 Å². The summed E-state index contributed by atoms with van der Waals surface area (Å²) >= 11 is 0. The van der Waals surface area contributed by atoms with E-state index in [9.17, 15) is 9.18 Å². The molecular weight excluding hydrogens is 261 g/mol. The number of carbonyl (C=O) groups excluding carboxylic acids is 1. The van der Waals surface area contributed by atoms with Crippen molar-refractivity contribution in [2.45, 2.75) is 26.6 Å². The van der Waals surface area contributed by atoms with Crippen molar-refractivity contribution >= 4 is 5.91 Å². The molecule has 2 rings (SSSR count). The third-order valence-electron chi connectivity index (χ3n) is 2.47. The van der Waals surface area contributed by atoms with E-state index in [-0.39, 0.29) is 24.5 Å². The first-order valence-electron chi connectivity index (χ1n) is 6.27. The number of nitrogens with zero attached hydrogens (tertiary/aromatic N) is 2. The summed E-state index contributed by atoms with van der Waals surface area (Å²) in [6.07, 6.45) is 1.65. The second-order valence-electron chi connectivity index (χ2n) is 4.60. The van der Waals surface area contributed by atoms with Crippen LogP contribution in [-0.2, 0) is 6.73 Å². The first-order valence-corrected chi connectivity index (χ1v) is 6.27. The Bertz CT molecular complexity index is 578. The molecule has 0 aliphatic carbocycles. The van der Waals surface area contributed by atoms with Crippen LogP contribution in [0, 0.1) is 5.82 Å². The zero-order valence-corrected chi connectivity index (χ0v) is 11.3. The average molecular weight is 277 g/mol. The van der Waals surface area contributed by atoms with Crippen molar-refractivity contribution < 1.29 is 13.9 Å². The van der Waals surface area contributed by atoms with Crippen molar-refractivity contribution in [3.8, 4) is 5.75 Å². The number of benzene rings is 1. The van der Waals surface area contributed by atoms with Crippen molar-refractivity contribution in [3.05, 3.63) is 48.0 Å². The molecule has 0 unspecified atom stereocenters. The maximum Gasteiger partial charge on any atom is 0.271 e. The predicted octanol–water partition coefficient (Wildman–Crippen LogP) is 2.20. The number of carbonyl (C=O) groups is 1. The van der Waals surface area contributed by atoms with Crippen LogP contribution in [0.1, 0.15) is 24.3 Å². The Morgan fingerprint density at radius 3 is 2.70 bits per heavy atom. The minimum atomic E-state index is -0.316. The fraction of sp³-hybridized carbons (Fsp3) is 0.286. The molecule has 1 aromatic heterocycles. The molecular formula is C14H16FN3O2. The van der Waals surface area contributed by atoms with Crippen molar-refractivity contribution in [2.75, 3.05) is 0 Å². The second-order valence-corrected chi connectivity index (χ2v) is 4.60. The van der Waals surface area contributed by atoms with Gasteiger partial charge in [-0.1, -0.05) is 0 Å². The maximum atomic E-state index is 12.7. The normalized spacial score (nSPS) is 10.6. The highest BCUT2D eigenvalue weighted by Gasteiger charge is 2.10. The molecule has 0 fully saturated rings. The van der Waals surface area contributed by atoms with E-state index in [4.69, 9.17) is 4.74 Å². The summed E-state index contributed by atoms with van der Waals surface area (Å²) in [5.41, 5.74) is 0.335. The van der Waals surface area contributed by atoms with E-state index in [1.165, 1.54) is 28.9 Å². The molecule has 1 aromatic carbocycles. The van der Waals surface area contributed by atoms with E-state index in [1.54, 1.807) is 12.3 Å². The molecule has 6 heteroatoms. The summed E-state index contributed by atoms with van der Waals surface area (Å²) in [5.74, 6) is -0.000281. The van der Waals surface area contributed by atoms with Gasteiger partial charge in [0.2, 0.25) is 0 Å². The summed E-state index contributed by atoms with van der Waals surface area (Å²) in [6, 6.07) is 7.38. The predicted molar refractivity (Wildman–Crippen MR) is 71.9 cm³/mol. The van der Waals surface area contributed by atoms with Crippen LogP contribution in [0.15, 0.2) is 36.5 Å². The van der Waals surface area contributed by atoms with E-state index in [0.29, 0.717) is 11.4 Å². The summed E-state index contributed by atoms with van der Waals surface area (Å²) < 4.78 is 19.7. The van der Waals surface area contributed by atoms with E-state index < -0.39 is 0 Å². The van der Waals surface area contributed by atoms with Crippen molar-refractivity contribution in [2.24, 2.45) is 0 Å². The van der Waals surface area contributed by atoms with E-state index in [2.05, 4.69) is 10.4 Å². The number of amides is 1. The molecule has 0 spiro atoms. The van der Waals surface area contributed by atoms with Gasteiger partial charge < -0.3 is 10.1 Å². The van der Waals surface area contributed by atoms with Gasteiger partial charge in [-0.15, -0.1) is 0 Å². The van der Waals surface area contributed by atoms with E-state index >= 15 is 0 Å². The topological polar surface area (TPSA) is 56.2 Å². The third-order valence-corrected chi connectivity index (χ3v) is 2.47. The van der Waals surface area contributed by atoms with Gasteiger partial charge in [0, 0.05) is 12.2 Å². The highest BCUT2D eigenvalue weighted by molar-refractivity contribution is 5.92. The number of rotatable bonds is 5. The molecule has 1 N–H and O–H groups in total. The Hall–Kier alpha value is -2.37. The highest BCUT2D eigenvalue weighted by atomic mass is 19.1. The number of ether oxygens (including phenoxy) is 1. The standard InChI is InChI=1S/C14H16FN3O2/c1-10(2)16-14(19)13-7-8-18(17-13)9-20-12-5-3-11(15)4-6-12/h3-8,10H,9H2,1-2H3,(H,16,19). The van der Waals surface area contributed by atoms with Gasteiger partial charge in [0.25, 0.3) is 5.91 Å². The lowest BCUT2D eigenvalue weighted by Crippen LogP contribution is -2.30. The first kappa shape index (κ1) is 14.0. The van der Waals surface area contributed by atoms with Gasteiger partial charge in [0.15, 0.2) is 6.73 Å². The van der Waals surface area contributed by atoms with Gasteiger partial charge in [0.1, 0.15) is 17.3 Å².